The molecule has 2 heterocycles. The number of rotatable bonds is 7. The first-order chi connectivity index (χ1) is 17.8. The van der Waals surface area contributed by atoms with E-state index in [0.29, 0.717) is 34.0 Å². The summed E-state index contributed by atoms with van der Waals surface area (Å²) in [6.45, 7) is 1.54. The number of hydrogen-bond acceptors (Lipinski definition) is 6. The van der Waals surface area contributed by atoms with Crippen LogP contribution in [0, 0.1) is 0 Å². The number of anilines is 1. The molecule has 3 aromatic carbocycles. The van der Waals surface area contributed by atoms with Crippen LogP contribution in [-0.2, 0) is 17.4 Å². The van der Waals surface area contributed by atoms with Gasteiger partial charge in [-0.25, -0.2) is 9.97 Å². The molecule has 1 saturated heterocycles. The largest absolute Gasteiger partial charge is 0.493 e. The zero-order chi connectivity index (χ0) is 26.0. The van der Waals surface area contributed by atoms with Crippen LogP contribution in [0.25, 0.3) is 22.2 Å². The second-order valence-electron chi connectivity index (χ2n) is 8.64. The highest BCUT2D eigenvalue weighted by molar-refractivity contribution is 5.95. The molecule has 0 aliphatic carbocycles. The van der Waals surface area contributed by atoms with Gasteiger partial charge in [-0.1, -0.05) is 24.3 Å². The number of halogens is 3. The predicted molar refractivity (Wildman–Crippen MR) is 133 cm³/mol. The van der Waals surface area contributed by atoms with Crippen molar-refractivity contribution in [3.8, 4) is 22.8 Å². The van der Waals surface area contributed by atoms with Crippen LogP contribution in [0.5, 0.6) is 11.5 Å². The zero-order valence-corrected chi connectivity index (χ0v) is 19.8. The first-order valence-corrected chi connectivity index (χ1v) is 11.6. The minimum Gasteiger partial charge on any atom is -0.493 e. The molecule has 0 bridgehead atoms. The van der Waals surface area contributed by atoms with Gasteiger partial charge in [0, 0.05) is 35.8 Å². The average molecular weight is 509 g/mol. The summed E-state index contributed by atoms with van der Waals surface area (Å²) in [4.78, 5) is 21.3. The molecule has 1 aliphatic rings. The fraction of sp³-hybridized carbons (Fsp3) is 0.222. The van der Waals surface area contributed by atoms with Gasteiger partial charge in [-0.15, -0.1) is 0 Å². The molecule has 37 heavy (non-hydrogen) atoms. The molecule has 0 atom stereocenters. The number of nitrogens with one attached hydrogen (secondary N) is 2. The van der Waals surface area contributed by atoms with E-state index < -0.39 is 11.7 Å². The molecule has 0 saturated carbocycles. The molecule has 0 radical (unpaired) electrons. The quantitative estimate of drug-likeness (QED) is 0.371. The van der Waals surface area contributed by atoms with E-state index >= 15 is 0 Å². The third kappa shape index (κ3) is 5.49. The van der Waals surface area contributed by atoms with Crippen molar-refractivity contribution in [2.45, 2.75) is 18.7 Å². The van der Waals surface area contributed by atoms with E-state index in [2.05, 4.69) is 20.6 Å². The average Bonchev–Trinajstić information content (AvgIpc) is 2.85. The van der Waals surface area contributed by atoms with Crippen LogP contribution < -0.4 is 20.1 Å². The first kappa shape index (κ1) is 24.5. The summed E-state index contributed by atoms with van der Waals surface area (Å²) < 4.78 is 49.7. The number of carbonyl (C=O) groups is 1. The number of amides is 1. The van der Waals surface area contributed by atoms with Crippen molar-refractivity contribution in [2.24, 2.45) is 0 Å². The molecule has 5 rings (SSSR count). The van der Waals surface area contributed by atoms with Crippen LogP contribution in [0.2, 0.25) is 0 Å². The van der Waals surface area contributed by atoms with E-state index in [-0.39, 0.29) is 18.4 Å². The summed E-state index contributed by atoms with van der Waals surface area (Å²) in [5.41, 5.74) is 2.51. The molecule has 10 heteroatoms. The van der Waals surface area contributed by atoms with Crippen LogP contribution in [0.4, 0.5) is 18.9 Å². The van der Waals surface area contributed by atoms with Gasteiger partial charge in [0.15, 0.2) is 11.5 Å². The van der Waals surface area contributed by atoms with Gasteiger partial charge in [0.25, 0.3) is 0 Å². The van der Waals surface area contributed by atoms with Crippen molar-refractivity contribution < 1.29 is 27.4 Å². The number of fused-ring (bicyclic) bond motifs is 1. The molecular weight excluding hydrogens is 485 g/mol. The molecule has 7 nitrogen and oxygen atoms in total. The molecule has 1 fully saturated rings. The maximum Gasteiger partial charge on any atom is 0.416 e. The number of ether oxygens (including phenoxy) is 2. The highest BCUT2D eigenvalue weighted by atomic mass is 19.4. The molecule has 1 amide bonds. The van der Waals surface area contributed by atoms with Gasteiger partial charge in [0.05, 0.1) is 30.3 Å². The second kappa shape index (κ2) is 10.1. The van der Waals surface area contributed by atoms with Gasteiger partial charge < -0.3 is 20.1 Å². The predicted octanol–water partition coefficient (Wildman–Crippen LogP) is 4.86. The van der Waals surface area contributed by atoms with Crippen molar-refractivity contribution in [3.63, 3.8) is 0 Å². The zero-order valence-electron chi connectivity index (χ0n) is 19.8. The molecule has 1 aliphatic heterocycles. The Balaban J connectivity index is 1.32. The Hall–Kier alpha value is -4.18. The summed E-state index contributed by atoms with van der Waals surface area (Å²) in [6, 6.07) is 15.4. The van der Waals surface area contributed by atoms with Gasteiger partial charge in [-0.2, -0.15) is 13.2 Å². The van der Waals surface area contributed by atoms with Crippen LogP contribution in [0.3, 0.4) is 0 Å². The summed E-state index contributed by atoms with van der Waals surface area (Å²) in [5.74, 6) is 0.874. The fourth-order valence-corrected chi connectivity index (χ4v) is 3.98. The highest BCUT2D eigenvalue weighted by Crippen LogP contribution is 2.36. The summed E-state index contributed by atoms with van der Waals surface area (Å²) in [6.07, 6.45) is -2.90. The van der Waals surface area contributed by atoms with Gasteiger partial charge in [0.1, 0.15) is 12.4 Å². The molecule has 0 spiro atoms. The topological polar surface area (TPSA) is 85.4 Å². The van der Waals surface area contributed by atoms with E-state index in [9.17, 15) is 18.0 Å². The first-order valence-electron chi connectivity index (χ1n) is 11.6. The Morgan fingerprint density at radius 1 is 1.03 bits per heavy atom. The normalized spacial score (nSPS) is 13.7. The molecule has 2 N–H and O–H groups in total. The van der Waals surface area contributed by atoms with Crippen LogP contribution in [-0.4, -0.2) is 42.2 Å². The Bertz CT molecular complexity index is 1420. The lowest BCUT2D eigenvalue weighted by Gasteiger charge is -2.28. The van der Waals surface area contributed by atoms with Crippen molar-refractivity contribution in [2.75, 3.05) is 25.5 Å². The molecule has 0 unspecified atom stereocenters. The fourth-order valence-electron chi connectivity index (χ4n) is 3.98. The van der Waals surface area contributed by atoms with Crippen molar-refractivity contribution in [1.29, 1.82) is 0 Å². The Morgan fingerprint density at radius 3 is 2.38 bits per heavy atom. The number of alkyl halides is 3. The van der Waals surface area contributed by atoms with E-state index in [0.717, 1.165) is 36.2 Å². The van der Waals surface area contributed by atoms with E-state index in [4.69, 9.17) is 9.47 Å². The third-order valence-corrected chi connectivity index (χ3v) is 6.05. The maximum absolute atomic E-state index is 12.7. The number of nitrogens with zero attached hydrogens (tertiary/aromatic N) is 2. The summed E-state index contributed by atoms with van der Waals surface area (Å²) in [7, 11) is 1.58. The molecule has 4 aromatic rings. The monoisotopic (exact) mass is 508 g/mol. The minimum absolute atomic E-state index is 0.0441. The second-order valence-corrected chi connectivity index (χ2v) is 8.64. The van der Waals surface area contributed by atoms with Crippen LogP contribution in [0.1, 0.15) is 11.1 Å². The van der Waals surface area contributed by atoms with Gasteiger partial charge >= 0.3 is 6.18 Å². The van der Waals surface area contributed by atoms with E-state index in [1.165, 1.54) is 18.5 Å². The summed E-state index contributed by atoms with van der Waals surface area (Å²) in [5, 5.41) is 6.74. The van der Waals surface area contributed by atoms with Gasteiger partial charge in [-0.3, -0.25) is 4.79 Å². The Kier molecular flexibility index (Phi) is 6.66. The SMILES string of the molecule is COc1cc2ncnc(-c3ccc(NC(=O)Cc4ccc(C(F)(F)F)cc4)cc3)c2cc1OC1CNC1. The van der Waals surface area contributed by atoms with Crippen molar-refractivity contribution in [1.82, 2.24) is 15.3 Å². The van der Waals surface area contributed by atoms with Crippen LogP contribution in [0.15, 0.2) is 67.0 Å². The number of carbonyl (C=O) groups excluding carboxylic acids is 1. The van der Waals surface area contributed by atoms with E-state index in [1.807, 2.05) is 24.3 Å². The number of benzene rings is 3. The number of hydrogen-bond donors (Lipinski definition) is 2. The number of aromatic nitrogens is 2. The molecule has 190 valence electrons. The minimum atomic E-state index is -4.41. The Labute approximate surface area is 210 Å². The highest BCUT2D eigenvalue weighted by Gasteiger charge is 2.30. The standard InChI is InChI=1S/C27H23F3N4O3/c1-36-23-12-22-21(11-24(23)37-20-13-31-14-20)26(33-15-32-22)17-4-8-19(9-5-17)34-25(35)10-16-2-6-18(7-3-16)27(28,29)30/h2-9,11-12,15,20,31H,10,13-14H2,1H3,(H,34,35). The number of methoxy groups -OCH3 is 1. The van der Waals surface area contributed by atoms with Crippen molar-refractivity contribution >= 4 is 22.5 Å². The van der Waals surface area contributed by atoms with E-state index in [1.54, 1.807) is 19.2 Å². The third-order valence-electron chi connectivity index (χ3n) is 6.05. The Morgan fingerprint density at radius 2 is 1.76 bits per heavy atom. The van der Waals surface area contributed by atoms with Gasteiger partial charge in [0.2, 0.25) is 5.91 Å². The van der Waals surface area contributed by atoms with Crippen molar-refractivity contribution in [3.05, 3.63) is 78.1 Å². The lowest BCUT2D eigenvalue weighted by molar-refractivity contribution is -0.137. The maximum atomic E-state index is 12.7. The van der Waals surface area contributed by atoms with Crippen LogP contribution >= 0.6 is 0 Å². The molecular formula is C27H23F3N4O3. The summed E-state index contributed by atoms with van der Waals surface area (Å²) >= 11 is 0. The smallest absolute Gasteiger partial charge is 0.416 e. The molecule has 1 aromatic heterocycles. The lowest BCUT2D eigenvalue weighted by Crippen LogP contribution is -2.50. The lowest BCUT2D eigenvalue weighted by atomic mass is 10.0. The van der Waals surface area contributed by atoms with Gasteiger partial charge in [-0.05, 0) is 35.9 Å².